The molecule has 12 heteroatoms. The van der Waals surface area contributed by atoms with Crippen molar-refractivity contribution in [3.8, 4) is 17.1 Å². The van der Waals surface area contributed by atoms with Gasteiger partial charge < -0.3 is 24.8 Å². The summed E-state index contributed by atoms with van der Waals surface area (Å²) in [5, 5.41) is 4.15. The molecule has 6 rings (SSSR count). The van der Waals surface area contributed by atoms with E-state index in [1.54, 1.807) is 6.20 Å². The second-order valence-corrected chi connectivity index (χ2v) is 11.6. The molecule has 3 aromatic rings. The number of rotatable bonds is 4. The molecule has 39 heavy (non-hydrogen) atoms. The van der Waals surface area contributed by atoms with Crippen LogP contribution in [-0.4, -0.2) is 73.1 Å². The average molecular weight is 533 g/mol. The molecule has 204 valence electrons. The lowest BCUT2D eigenvalue weighted by Crippen LogP contribution is -2.47. The first kappa shape index (κ1) is 25.2. The fourth-order valence-electron chi connectivity index (χ4n) is 5.53. The Hall–Kier alpha value is -4.09. The van der Waals surface area contributed by atoms with Gasteiger partial charge in [-0.15, -0.1) is 0 Å². The summed E-state index contributed by atoms with van der Waals surface area (Å²) >= 11 is 0. The highest BCUT2D eigenvalue weighted by molar-refractivity contribution is 5.96. The summed E-state index contributed by atoms with van der Waals surface area (Å²) in [5.74, 6) is 0.649. The Morgan fingerprint density at radius 3 is 2.49 bits per heavy atom. The maximum atomic E-state index is 12.9. The number of likely N-dealkylation sites (tertiary alicyclic amines) is 1. The van der Waals surface area contributed by atoms with Gasteiger partial charge in [0.05, 0.1) is 24.3 Å². The second-order valence-electron chi connectivity index (χ2n) is 11.6. The first-order valence-electron chi connectivity index (χ1n) is 13.3. The summed E-state index contributed by atoms with van der Waals surface area (Å²) in [6.45, 7) is 8.19. The van der Waals surface area contributed by atoms with Gasteiger partial charge in [0.25, 0.3) is 5.91 Å². The number of piperidine rings is 1. The molecule has 12 nitrogen and oxygen atoms in total. The number of primary amides is 1. The van der Waals surface area contributed by atoms with E-state index in [0.717, 1.165) is 50.1 Å². The zero-order valence-corrected chi connectivity index (χ0v) is 22.4. The quantitative estimate of drug-likeness (QED) is 0.529. The molecule has 0 bridgehead atoms. The Bertz CT molecular complexity index is 1410. The van der Waals surface area contributed by atoms with Crippen molar-refractivity contribution in [2.75, 3.05) is 24.5 Å². The Balaban J connectivity index is 1.12. The third kappa shape index (κ3) is 4.68. The van der Waals surface area contributed by atoms with Crippen LogP contribution in [0, 0.1) is 0 Å². The summed E-state index contributed by atoms with van der Waals surface area (Å²) < 4.78 is 12.0. The number of ether oxygens (including phenoxy) is 1. The molecule has 3 aliphatic heterocycles. The SMILES string of the molecule is CC(C)(C)c1noc(N2CCC3(CC2)Cc2cc(-c4cnc(C(=O)N5CCC[C@H]5C(N)=O)cn4)ncc2O3)n1. The number of nitrogens with zero attached hydrogens (tertiary/aromatic N) is 7. The van der Waals surface area contributed by atoms with Gasteiger partial charge in [0.1, 0.15) is 28.8 Å². The first-order chi connectivity index (χ1) is 18.6. The number of amides is 2. The number of carbonyl (C=O) groups excluding carboxylic acids is 2. The van der Waals surface area contributed by atoms with Crippen LogP contribution in [-0.2, 0) is 16.6 Å². The van der Waals surface area contributed by atoms with Crippen LogP contribution in [0.5, 0.6) is 5.75 Å². The predicted octanol–water partition coefficient (Wildman–Crippen LogP) is 2.28. The number of anilines is 1. The maximum absolute atomic E-state index is 12.9. The lowest BCUT2D eigenvalue weighted by molar-refractivity contribution is -0.121. The molecular formula is C27H32N8O4. The van der Waals surface area contributed by atoms with E-state index in [-0.39, 0.29) is 22.6 Å². The van der Waals surface area contributed by atoms with E-state index in [4.69, 9.17) is 15.0 Å². The van der Waals surface area contributed by atoms with E-state index in [0.29, 0.717) is 36.2 Å². The zero-order valence-electron chi connectivity index (χ0n) is 22.4. The van der Waals surface area contributed by atoms with Gasteiger partial charge in [-0.2, -0.15) is 4.98 Å². The minimum atomic E-state index is -0.593. The number of hydrogen-bond acceptors (Lipinski definition) is 10. The van der Waals surface area contributed by atoms with Gasteiger partial charge in [0, 0.05) is 49.9 Å². The van der Waals surface area contributed by atoms with Crippen molar-refractivity contribution >= 4 is 17.8 Å². The third-order valence-corrected chi connectivity index (χ3v) is 7.79. The fourth-order valence-corrected chi connectivity index (χ4v) is 5.53. The van der Waals surface area contributed by atoms with Crippen molar-refractivity contribution in [1.29, 1.82) is 0 Å². The van der Waals surface area contributed by atoms with Gasteiger partial charge in [0.15, 0.2) is 5.82 Å². The Labute approximate surface area is 226 Å². The predicted molar refractivity (Wildman–Crippen MR) is 140 cm³/mol. The first-order valence-corrected chi connectivity index (χ1v) is 13.3. The normalized spacial score (nSPS) is 20.2. The maximum Gasteiger partial charge on any atom is 0.324 e. The molecule has 0 saturated carbocycles. The van der Waals surface area contributed by atoms with E-state index in [9.17, 15) is 9.59 Å². The van der Waals surface area contributed by atoms with E-state index in [2.05, 4.69) is 50.8 Å². The highest BCUT2D eigenvalue weighted by Gasteiger charge is 2.43. The Morgan fingerprint density at radius 2 is 1.82 bits per heavy atom. The molecule has 2 N–H and O–H groups in total. The summed E-state index contributed by atoms with van der Waals surface area (Å²) in [5.41, 5.74) is 7.47. The van der Waals surface area contributed by atoms with Crippen LogP contribution in [0.2, 0.25) is 0 Å². The van der Waals surface area contributed by atoms with E-state index < -0.39 is 11.9 Å². The Morgan fingerprint density at radius 1 is 1.05 bits per heavy atom. The van der Waals surface area contributed by atoms with Gasteiger partial charge in [0.2, 0.25) is 5.91 Å². The standard InChI is InChI=1S/C27H32N8O4/c1-26(2,3)24-32-25(39-33-24)34-9-6-27(7-10-34)12-16-11-17(31-15-21(16)38-27)18-13-30-19(14-29-18)23(37)35-8-4-5-20(35)22(28)36/h11,13-15,20H,4-10,12H2,1-3H3,(H2,28,36)/t20-/m0/s1. The van der Waals surface area contributed by atoms with Crippen LogP contribution in [0.15, 0.2) is 29.2 Å². The van der Waals surface area contributed by atoms with Crippen molar-refractivity contribution < 1.29 is 18.8 Å². The molecule has 3 aliphatic rings. The van der Waals surface area contributed by atoms with Crippen LogP contribution in [0.25, 0.3) is 11.4 Å². The highest BCUT2D eigenvalue weighted by atomic mass is 16.5. The van der Waals surface area contributed by atoms with Gasteiger partial charge in [-0.3, -0.25) is 19.6 Å². The third-order valence-electron chi connectivity index (χ3n) is 7.79. The summed E-state index contributed by atoms with van der Waals surface area (Å²) in [6.07, 6.45) is 8.44. The van der Waals surface area contributed by atoms with Crippen molar-refractivity contribution in [2.24, 2.45) is 5.73 Å². The number of pyridine rings is 1. The number of fused-ring (bicyclic) bond motifs is 1. The minimum Gasteiger partial charge on any atom is -0.485 e. The molecule has 3 aromatic heterocycles. The molecule has 6 heterocycles. The smallest absolute Gasteiger partial charge is 0.324 e. The molecule has 0 radical (unpaired) electrons. The van der Waals surface area contributed by atoms with Gasteiger partial charge >= 0.3 is 6.01 Å². The molecular weight excluding hydrogens is 500 g/mol. The summed E-state index contributed by atoms with van der Waals surface area (Å²) in [4.78, 5) is 46.0. The Kier molecular flexibility index (Phi) is 6.00. The second kappa shape index (κ2) is 9.28. The fraction of sp³-hybridized carbons (Fsp3) is 0.519. The lowest BCUT2D eigenvalue weighted by Gasteiger charge is -2.37. The largest absolute Gasteiger partial charge is 0.485 e. The monoisotopic (exact) mass is 532 g/mol. The summed E-state index contributed by atoms with van der Waals surface area (Å²) in [6, 6.07) is 1.95. The van der Waals surface area contributed by atoms with Crippen LogP contribution in [0.3, 0.4) is 0 Å². The molecule has 2 fully saturated rings. The van der Waals surface area contributed by atoms with E-state index >= 15 is 0 Å². The number of hydrogen-bond donors (Lipinski definition) is 1. The molecule has 0 aliphatic carbocycles. The average Bonchev–Trinajstić information content (AvgIpc) is 3.67. The van der Waals surface area contributed by atoms with Gasteiger partial charge in [-0.1, -0.05) is 25.9 Å². The van der Waals surface area contributed by atoms with Gasteiger partial charge in [-0.05, 0) is 18.9 Å². The zero-order chi connectivity index (χ0) is 27.4. The molecule has 1 atom stereocenters. The van der Waals surface area contributed by atoms with Crippen LogP contribution < -0.4 is 15.4 Å². The minimum absolute atomic E-state index is 0.165. The van der Waals surface area contributed by atoms with Crippen molar-refractivity contribution in [3.63, 3.8) is 0 Å². The van der Waals surface area contributed by atoms with Crippen molar-refractivity contribution in [2.45, 2.75) is 69.9 Å². The molecule has 2 saturated heterocycles. The van der Waals surface area contributed by atoms with Crippen molar-refractivity contribution in [3.05, 3.63) is 41.7 Å². The lowest BCUT2D eigenvalue weighted by atomic mass is 9.87. The molecule has 1 spiro atoms. The topological polar surface area (TPSA) is 153 Å². The number of carbonyl (C=O) groups is 2. The molecule has 0 aromatic carbocycles. The highest BCUT2D eigenvalue weighted by Crippen LogP contribution is 2.42. The van der Waals surface area contributed by atoms with Crippen LogP contribution in [0.1, 0.15) is 68.3 Å². The molecule has 0 unspecified atom stereocenters. The summed E-state index contributed by atoms with van der Waals surface area (Å²) in [7, 11) is 0. The van der Waals surface area contributed by atoms with E-state index in [1.165, 1.54) is 17.3 Å². The van der Waals surface area contributed by atoms with Crippen LogP contribution in [0.4, 0.5) is 6.01 Å². The molecule has 2 amide bonds. The van der Waals surface area contributed by atoms with Crippen molar-refractivity contribution in [1.82, 2.24) is 30.0 Å². The van der Waals surface area contributed by atoms with Gasteiger partial charge in [-0.25, -0.2) is 4.98 Å². The van der Waals surface area contributed by atoms with E-state index in [1.807, 2.05) is 6.07 Å². The van der Waals surface area contributed by atoms with Crippen LogP contribution >= 0.6 is 0 Å². The number of aromatic nitrogens is 5. The number of nitrogens with two attached hydrogens (primary N) is 1.